The summed E-state index contributed by atoms with van der Waals surface area (Å²) in [5, 5.41) is 19.2. The second-order valence-corrected chi connectivity index (χ2v) is 4.99. The number of aromatic hydroxyl groups is 1. The quantitative estimate of drug-likeness (QED) is 0.850. The number of allylic oxidation sites excluding steroid dienone is 1. The Kier molecular flexibility index (Phi) is 5.27. The average Bonchev–Trinajstić information content (AvgIpc) is 2.59. The summed E-state index contributed by atoms with van der Waals surface area (Å²) < 4.78 is 10.6. The number of hydrogen-bond donors (Lipinski definition) is 1. The van der Waals surface area contributed by atoms with Crippen LogP contribution in [0, 0.1) is 11.3 Å². The van der Waals surface area contributed by atoms with Gasteiger partial charge in [-0.3, -0.25) is 0 Å². The molecule has 0 spiro atoms. The van der Waals surface area contributed by atoms with E-state index in [0.717, 1.165) is 23.1 Å². The normalized spacial score (nSPS) is 11.0. The first-order valence-corrected chi connectivity index (χ1v) is 7.28. The molecule has 0 aliphatic rings. The van der Waals surface area contributed by atoms with Gasteiger partial charge in [0.2, 0.25) is 0 Å². The van der Waals surface area contributed by atoms with Crippen LogP contribution < -0.4 is 9.47 Å². The van der Waals surface area contributed by atoms with E-state index in [4.69, 9.17) is 14.7 Å². The number of rotatable bonds is 5. The Bertz CT molecular complexity index is 750. The summed E-state index contributed by atoms with van der Waals surface area (Å²) >= 11 is 0. The molecule has 0 saturated heterocycles. The van der Waals surface area contributed by atoms with Crippen molar-refractivity contribution in [3.05, 3.63) is 59.2 Å². The molecule has 0 aliphatic carbocycles. The van der Waals surface area contributed by atoms with E-state index in [1.807, 2.05) is 31.2 Å². The summed E-state index contributed by atoms with van der Waals surface area (Å²) in [6, 6.07) is 12.9. The van der Waals surface area contributed by atoms with Crippen LogP contribution in [0.1, 0.15) is 23.6 Å². The summed E-state index contributed by atoms with van der Waals surface area (Å²) in [7, 11) is 3.15. The van der Waals surface area contributed by atoms with Gasteiger partial charge in [-0.1, -0.05) is 19.1 Å². The van der Waals surface area contributed by atoms with Gasteiger partial charge in [0.25, 0.3) is 0 Å². The zero-order valence-corrected chi connectivity index (χ0v) is 13.5. The molecule has 118 valence electrons. The third-order valence-electron chi connectivity index (χ3n) is 3.65. The van der Waals surface area contributed by atoms with E-state index in [9.17, 15) is 5.11 Å². The van der Waals surface area contributed by atoms with Crippen molar-refractivity contribution in [2.45, 2.75) is 13.3 Å². The molecule has 0 radical (unpaired) electrons. The molecule has 0 fully saturated rings. The van der Waals surface area contributed by atoms with Gasteiger partial charge in [-0.25, -0.2) is 0 Å². The lowest BCUT2D eigenvalue weighted by Gasteiger charge is -2.12. The standard InChI is InChI=1S/C19H19NO3/c1-4-13-5-6-14(11-19(13)21)18(7-8-20)15-9-16(22-2)12-17(10-15)23-3/h5-7,9-12,21H,4H2,1-3H3. The maximum atomic E-state index is 10.1. The third-order valence-corrected chi connectivity index (χ3v) is 3.65. The van der Waals surface area contributed by atoms with Gasteiger partial charge in [-0.05, 0) is 46.9 Å². The van der Waals surface area contributed by atoms with Crippen molar-refractivity contribution < 1.29 is 14.6 Å². The molecule has 2 aromatic rings. The second kappa shape index (κ2) is 7.37. The van der Waals surface area contributed by atoms with Gasteiger partial charge in [-0.2, -0.15) is 5.26 Å². The number of nitriles is 1. The molecular weight excluding hydrogens is 290 g/mol. The highest BCUT2D eigenvalue weighted by molar-refractivity contribution is 5.83. The van der Waals surface area contributed by atoms with Crippen molar-refractivity contribution in [1.29, 1.82) is 5.26 Å². The maximum Gasteiger partial charge on any atom is 0.123 e. The molecule has 2 rings (SSSR count). The van der Waals surface area contributed by atoms with Crippen LogP contribution in [-0.4, -0.2) is 19.3 Å². The number of phenols is 1. The average molecular weight is 309 g/mol. The SMILES string of the molecule is CCc1ccc(C(=CC#N)c2cc(OC)cc(OC)c2)cc1O. The molecule has 0 amide bonds. The van der Waals surface area contributed by atoms with Crippen molar-refractivity contribution >= 4 is 5.57 Å². The fourth-order valence-electron chi connectivity index (χ4n) is 2.39. The highest BCUT2D eigenvalue weighted by Gasteiger charge is 2.11. The molecule has 0 atom stereocenters. The highest BCUT2D eigenvalue weighted by atomic mass is 16.5. The van der Waals surface area contributed by atoms with Gasteiger partial charge in [0.05, 0.1) is 20.3 Å². The molecule has 0 aliphatic heterocycles. The van der Waals surface area contributed by atoms with Gasteiger partial charge in [0.1, 0.15) is 17.2 Å². The summed E-state index contributed by atoms with van der Waals surface area (Å²) in [5.74, 6) is 1.50. The van der Waals surface area contributed by atoms with E-state index in [1.54, 1.807) is 26.4 Å². The maximum absolute atomic E-state index is 10.1. The van der Waals surface area contributed by atoms with Crippen LogP contribution in [0.15, 0.2) is 42.5 Å². The molecule has 0 unspecified atom stereocenters. The number of phenolic OH excluding ortho intramolecular Hbond substituents is 1. The fourth-order valence-corrected chi connectivity index (χ4v) is 2.39. The van der Waals surface area contributed by atoms with Crippen LogP contribution in [0.5, 0.6) is 17.2 Å². The summed E-state index contributed by atoms with van der Waals surface area (Å²) in [6.07, 6.45) is 2.20. The first-order chi connectivity index (χ1) is 11.1. The van der Waals surface area contributed by atoms with E-state index in [-0.39, 0.29) is 5.75 Å². The Hall–Kier alpha value is -2.93. The number of aryl methyl sites for hydroxylation is 1. The summed E-state index contributed by atoms with van der Waals surface area (Å²) in [5.41, 5.74) is 3.11. The Balaban J connectivity index is 2.58. The van der Waals surface area contributed by atoms with E-state index in [1.165, 1.54) is 6.08 Å². The molecule has 1 N–H and O–H groups in total. The van der Waals surface area contributed by atoms with Crippen molar-refractivity contribution in [1.82, 2.24) is 0 Å². The summed E-state index contributed by atoms with van der Waals surface area (Å²) in [6.45, 7) is 1.98. The molecule has 4 heteroatoms. The van der Waals surface area contributed by atoms with Crippen LogP contribution in [0.4, 0.5) is 0 Å². The van der Waals surface area contributed by atoms with Crippen LogP contribution in [0.3, 0.4) is 0 Å². The van der Waals surface area contributed by atoms with Gasteiger partial charge >= 0.3 is 0 Å². The summed E-state index contributed by atoms with van der Waals surface area (Å²) in [4.78, 5) is 0. The highest BCUT2D eigenvalue weighted by Crippen LogP contribution is 2.32. The molecule has 4 nitrogen and oxygen atoms in total. The van der Waals surface area contributed by atoms with Crippen LogP contribution >= 0.6 is 0 Å². The number of methoxy groups -OCH3 is 2. The number of ether oxygens (including phenoxy) is 2. The Morgan fingerprint density at radius 3 is 2.22 bits per heavy atom. The van der Waals surface area contributed by atoms with Crippen molar-refractivity contribution in [2.24, 2.45) is 0 Å². The van der Waals surface area contributed by atoms with Crippen molar-refractivity contribution in [2.75, 3.05) is 14.2 Å². The molecule has 0 saturated carbocycles. The number of nitrogens with zero attached hydrogens (tertiary/aromatic N) is 1. The van der Waals surface area contributed by atoms with Crippen LogP contribution in [-0.2, 0) is 6.42 Å². The molecule has 0 bridgehead atoms. The topological polar surface area (TPSA) is 62.5 Å². The van der Waals surface area contributed by atoms with Crippen LogP contribution in [0.25, 0.3) is 5.57 Å². The molecule has 0 heterocycles. The van der Waals surface area contributed by atoms with E-state index in [0.29, 0.717) is 17.1 Å². The Morgan fingerprint density at radius 2 is 1.74 bits per heavy atom. The van der Waals surface area contributed by atoms with Gasteiger partial charge in [-0.15, -0.1) is 0 Å². The fraction of sp³-hybridized carbons (Fsp3) is 0.211. The predicted molar refractivity (Wildman–Crippen MR) is 89.7 cm³/mol. The van der Waals surface area contributed by atoms with Crippen molar-refractivity contribution in [3.8, 4) is 23.3 Å². The Morgan fingerprint density at radius 1 is 1.09 bits per heavy atom. The number of benzene rings is 2. The first kappa shape index (κ1) is 16.4. The minimum absolute atomic E-state index is 0.226. The lowest BCUT2D eigenvalue weighted by atomic mass is 9.95. The second-order valence-electron chi connectivity index (χ2n) is 4.99. The molecule has 2 aromatic carbocycles. The van der Waals surface area contributed by atoms with E-state index in [2.05, 4.69) is 6.07 Å². The lowest BCUT2D eigenvalue weighted by molar-refractivity contribution is 0.394. The molecule has 0 aromatic heterocycles. The molecular formula is C19H19NO3. The van der Waals surface area contributed by atoms with Gasteiger partial charge in [0.15, 0.2) is 0 Å². The zero-order chi connectivity index (χ0) is 16.8. The third kappa shape index (κ3) is 3.64. The largest absolute Gasteiger partial charge is 0.508 e. The van der Waals surface area contributed by atoms with Gasteiger partial charge in [0, 0.05) is 12.1 Å². The minimum atomic E-state index is 0.226. The molecule has 23 heavy (non-hydrogen) atoms. The first-order valence-electron chi connectivity index (χ1n) is 7.28. The Labute approximate surface area is 136 Å². The predicted octanol–water partition coefficient (Wildman–Crippen LogP) is 3.93. The smallest absolute Gasteiger partial charge is 0.123 e. The van der Waals surface area contributed by atoms with Crippen LogP contribution in [0.2, 0.25) is 0 Å². The minimum Gasteiger partial charge on any atom is -0.508 e. The lowest BCUT2D eigenvalue weighted by Crippen LogP contribution is -1.94. The van der Waals surface area contributed by atoms with E-state index >= 15 is 0 Å². The zero-order valence-electron chi connectivity index (χ0n) is 13.5. The van der Waals surface area contributed by atoms with Gasteiger partial charge < -0.3 is 14.6 Å². The van der Waals surface area contributed by atoms with Crippen molar-refractivity contribution in [3.63, 3.8) is 0 Å². The number of hydrogen-bond acceptors (Lipinski definition) is 4. The monoisotopic (exact) mass is 309 g/mol. The van der Waals surface area contributed by atoms with E-state index < -0.39 is 0 Å².